The van der Waals surface area contributed by atoms with Gasteiger partial charge in [-0.05, 0) is 6.07 Å². The molecule has 0 radical (unpaired) electrons. The first-order chi connectivity index (χ1) is 9.18. The van der Waals surface area contributed by atoms with Crippen molar-refractivity contribution in [3.8, 4) is 0 Å². The second-order valence-corrected chi connectivity index (χ2v) is 3.82. The molecular weight excluding hydrogens is 248 g/mol. The number of nitro groups is 1. The number of rotatable bonds is 5. The number of amides is 1. The molecule has 7 heteroatoms. The summed E-state index contributed by atoms with van der Waals surface area (Å²) in [4.78, 5) is 29.0. The fraction of sp³-hybridized carbons (Fsp3) is 0.167. The Morgan fingerprint density at radius 2 is 2.21 bits per heavy atom. The number of aromatic amines is 1. The largest absolute Gasteiger partial charge is 0.351 e. The summed E-state index contributed by atoms with van der Waals surface area (Å²) < 4.78 is 0. The number of carbonyl (C=O) groups excluding carboxylic acids is 1. The molecule has 0 saturated carbocycles. The molecule has 2 N–H and O–H groups in total. The quantitative estimate of drug-likeness (QED) is 0.624. The molecule has 0 unspecified atom stereocenters. The normalized spacial score (nSPS) is 10.1. The standard InChI is InChI=1S/C12H12N4O3/c17-12(15-6-5-11-13-7-8-14-11)9-3-1-2-4-10(9)16(18)19/h1-4,7-8H,5-6H2,(H,13,14)(H,15,17). The molecular formula is C12H12N4O3. The molecule has 0 fully saturated rings. The molecule has 2 aromatic rings. The third-order valence-electron chi connectivity index (χ3n) is 2.55. The molecule has 1 heterocycles. The number of H-pyrrole nitrogens is 1. The Morgan fingerprint density at radius 3 is 2.89 bits per heavy atom. The van der Waals surface area contributed by atoms with Crippen molar-refractivity contribution in [3.63, 3.8) is 0 Å². The van der Waals surface area contributed by atoms with E-state index in [0.717, 1.165) is 5.82 Å². The van der Waals surface area contributed by atoms with Crippen molar-refractivity contribution >= 4 is 11.6 Å². The highest BCUT2D eigenvalue weighted by molar-refractivity contribution is 5.98. The van der Waals surface area contributed by atoms with Crippen LogP contribution in [-0.4, -0.2) is 27.3 Å². The fourth-order valence-electron chi connectivity index (χ4n) is 1.65. The van der Waals surface area contributed by atoms with E-state index in [4.69, 9.17) is 0 Å². The second-order valence-electron chi connectivity index (χ2n) is 3.82. The SMILES string of the molecule is O=C(NCCc1ncc[nH]1)c1ccccc1[N+](=O)[O-]. The summed E-state index contributed by atoms with van der Waals surface area (Å²) in [7, 11) is 0. The van der Waals surface area contributed by atoms with Gasteiger partial charge in [-0.3, -0.25) is 14.9 Å². The van der Waals surface area contributed by atoms with Gasteiger partial charge in [0.25, 0.3) is 11.6 Å². The van der Waals surface area contributed by atoms with Crippen LogP contribution < -0.4 is 5.32 Å². The Kier molecular flexibility index (Phi) is 3.87. The van der Waals surface area contributed by atoms with Crippen molar-refractivity contribution in [1.29, 1.82) is 0 Å². The first-order valence-electron chi connectivity index (χ1n) is 5.68. The molecule has 98 valence electrons. The van der Waals surface area contributed by atoms with Crippen LogP contribution in [0.1, 0.15) is 16.2 Å². The van der Waals surface area contributed by atoms with Crippen molar-refractivity contribution < 1.29 is 9.72 Å². The average Bonchev–Trinajstić information content (AvgIpc) is 2.91. The maximum Gasteiger partial charge on any atom is 0.282 e. The number of hydrogen-bond acceptors (Lipinski definition) is 4. The summed E-state index contributed by atoms with van der Waals surface area (Å²) in [5.74, 6) is 0.293. The predicted octanol–water partition coefficient (Wildman–Crippen LogP) is 1.29. The van der Waals surface area contributed by atoms with Gasteiger partial charge in [0.2, 0.25) is 0 Å². The molecule has 1 aromatic carbocycles. The van der Waals surface area contributed by atoms with E-state index in [2.05, 4.69) is 15.3 Å². The number of nitrogens with one attached hydrogen (secondary N) is 2. The predicted molar refractivity (Wildman–Crippen MR) is 67.7 cm³/mol. The molecule has 0 bridgehead atoms. The number of para-hydroxylation sites is 1. The minimum absolute atomic E-state index is 0.0620. The summed E-state index contributed by atoms with van der Waals surface area (Å²) in [6.07, 6.45) is 3.86. The summed E-state index contributed by atoms with van der Waals surface area (Å²) in [6.45, 7) is 0.360. The van der Waals surface area contributed by atoms with Gasteiger partial charge in [-0.1, -0.05) is 12.1 Å². The van der Waals surface area contributed by atoms with Crippen molar-refractivity contribution in [2.24, 2.45) is 0 Å². The summed E-state index contributed by atoms with van der Waals surface area (Å²) in [6, 6.07) is 5.86. The first kappa shape index (κ1) is 12.7. The van der Waals surface area contributed by atoms with Gasteiger partial charge >= 0.3 is 0 Å². The zero-order chi connectivity index (χ0) is 13.7. The molecule has 0 saturated heterocycles. The van der Waals surface area contributed by atoms with E-state index in [1.54, 1.807) is 18.5 Å². The molecule has 2 rings (SSSR count). The van der Waals surface area contributed by atoms with Gasteiger partial charge in [0.15, 0.2) is 0 Å². The maximum atomic E-state index is 11.9. The Hall–Kier alpha value is -2.70. The summed E-state index contributed by atoms with van der Waals surface area (Å²) in [5, 5.41) is 13.4. The first-order valence-corrected chi connectivity index (χ1v) is 5.68. The lowest BCUT2D eigenvalue weighted by Gasteiger charge is -2.04. The molecule has 1 aromatic heterocycles. The van der Waals surface area contributed by atoms with Crippen LogP contribution >= 0.6 is 0 Å². The highest BCUT2D eigenvalue weighted by atomic mass is 16.6. The van der Waals surface area contributed by atoms with E-state index in [-0.39, 0.29) is 11.3 Å². The topological polar surface area (TPSA) is 101 Å². The molecule has 1 amide bonds. The number of nitrogens with zero attached hydrogens (tertiary/aromatic N) is 2. The van der Waals surface area contributed by atoms with E-state index in [9.17, 15) is 14.9 Å². The number of carbonyl (C=O) groups is 1. The van der Waals surface area contributed by atoms with Gasteiger partial charge in [-0.25, -0.2) is 4.98 Å². The molecule has 19 heavy (non-hydrogen) atoms. The molecule has 7 nitrogen and oxygen atoms in total. The number of aromatic nitrogens is 2. The molecule has 0 aliphatic rings. The molecule has 0 spiro atoms. The van der Waals surface area contributed by atoms with E-state index in [0.29, 0.717) is 13.0 Å². The highest BCUT2D eigenvalue weighted by Gasteiger charge is 2.18. The molecule has 0 aliphatic heterocycles. The minimum Gasteiger partial charge on any atom is -0.351 e. The number of imidazole rings is 1. The third-order valence-corrected chi connectivity index (χ3v) is 2.55. The lowest BCUT2D eigenvalue weighted by molar-refractivity contribution is -0.385. The summed E-state index contributed by atoms with van der Waals surface area (Å²) >= 11 is 0. The third kappa shape index (κ3) is 3.15. The van der Waals surface area contributed by atoms with Gasteiger partial charge in [0, 0.05) is 31.4 Å². The zero-order valence-corrected chi connectivity index (χ0v) is 10.00. The Bertz CT molecular complexity index is 580. The molecule has 0 atom stereocenters. The van der Waals surface area contributed by atoms with Crippen LogP contribution in [0, 0.1) is 10.1 Å². The number of benzene rings is 1. The Labute approximate surface area is 108 Å². The van der Waals surface area contributed by atoms with Gasteiger partial charge in [-0.2, -0.15) is 0 Å². The van der Waals surface area contributed by atoms with Gasteiger partial charge in [0.05, 0.1) is 4.92 Å². The van der Waals surface area contributed by atoms with Crippen LogP contribution in [0.5, 0.6) is 0 Å². The fourth-order valence-corrected chi connectivity index (χ4v) is 1.65. The maximum absolute atomic E-state index is 11.9. The number of nitro benzene ring substituents is 1. The van der Waals surface area contributed by atoms with Crippen LogP contribution in [0.3, 0.4) is 0 Å². The van der Waals surface area contributed by atoms with E-state index in [1.807, 2.05) is 0 Å². The van der Waals surface area contributed by atoms with Crippen molar-refractivity contribution in [3.05, 3.63) is 58.2 Å². The van der Waals surface area contributed by atoms with Crippen LogP contribution in [0.15, 0.2) is 36.7 Å². The van der Waals surface area contributed by atoms with Crippen molar-refractivity contribution in [2.45, 2.75) is 6.42 Å². The Morgan fingerprint density at radius 1 is 1.42 bits per heavy atom. The smallest absolute Gasteiger partial charge is 0.282 e. The lowest BCUT2D eigenvalue weighted by Crippen LogP contribution is -2.26. The Balaban J connectivity index is 1.98. The number of hydrogen-bond donors (Lipinski definition) is 2. The monoisotopic (exact) mass is 260 g/mol. The van der Waals surface area contributed by atoms with E-state index in [1.165, 1.54) is 18.2 Å². The second kappa shape index (κ2) is 5.76. The van der Waals surface area contributed by atoms with E-state index < -0.39 is 10.8 Å². The van der Waals surface area contributed by atoms with Crippen molar-refractivity contribution in [1.82, 2.24) is 15.3 Å². The van der Waals surface area contributed by atoms with Crippen molar-refractivity contribution in [2.75, 3.05) is 6.54 Å². The van der Waals surface area contributed by atoms with Crippen LogP contribution in [0.25, 0.3) is 0 Å². The summed E-state index contributed by atoms with van der Waals surface area (Å²) in [5.41, 5.74) is -0.134. The lowest BCUT2D eigenvalue weighted by atomic mass is 10.1. The highest BCUT2D eigenvalue weighted by Crippen LogP contribution is 2.17. The zero-order valence-electron chi connectivity index (χ0n) is 10.00. The van der Waals surface area contributed by atoms with E-state index >= 15 is 0 Å². The van der Waals surface area contributed by atoms with Gasteiger partial charge in [-0.15, -0.1) is 0 Å². The van der Waals surface area contributed by atoms with Gasteiger partial charge < -0.3 is 10.3 Å². The minimum atomic E-state index is -0.568. The molecule has 0 aliphatic carbocycles. The van der Waals surface area contributed by atoms with Gasteiger partial charge in [0.1, 0.15) is 11.4 Å². The van der Waals surface area contributed by atoms with Crippen LogP contribution in [0.4, 0.5) is 5.69 Å². The van der Waals surface area contributed by atoms with Crippen LogP contribution in [-0.2, 0) is 6.42 Å². The average molecular weight is 260 g/mol. The van der Waals surface area contributed by atoms with Crippen LogP contribution in [0.2, 0.25) is 0 Å².